The number of fused-ring (bicyclic) bond motifs is 3. The van der Waals surface area contributed by atoms with E-state index < -0.39 is 0 Å². The fraction of sp³-hybridized carbons (Fsp3) is 0.125. The second-order valence-electron chi connectivity index (χ2n) is 6.87. The Morgan fingerprint density at radius 2 is 1.71 bits per heavy atom. The molecule has 0 spiro atoms. The third-order valence-corrected chi connectivity index (χ3v) is 7.38. The van der Waals surface area contributed by atoms with E-state index in [4.69, 9.17) is 0 Å². The fourth-order valence-electron chi connectivity index (χ4n) is 3.75. The van der Waals surface area contributed by atoms with Crippen LogP contribution in [0.2, 0.25) is 0 Å². The lowest BCUT2D eigenvalue weighted by molar-refractivity contribution is -0.116. The maximum Gasteiger partial charge on any atom is 0.237 e. The number of anilines is 1. The largest absolute Gasteiger partial charge is 0.302 e. The van der Waals surface area contributed by atoms with E-state index in [-0.39, 0.29) is 17.2 Å². The van der Waals surface area contributed by atoms with E-state index in [2.05, 4.69) is 60.7 Å². The van der Waals surface area contributed by atoms with E-state index >= 15 is 0 Å². The second kappa shape index (κ2) is 7.53. The van der Waals surface area contributed by atoms with Crippen molar-refractivity contribution in [3.63, 3.8) is 0 Å². The van der Waals surface area contributed by atoms with Crippen LogP contribution in [-0.4, -0.2) is 23.0 Å². The minimum Gasteiger partial charge on any atom is -0.302 e. The van der Waals surface area contributed by atoms with Crippen LogP contribution in [-0.2, 0) is 4.79 Å². The summed E-state index contributed by atoms with van der Waals surface area (Å²) in [5.41, 5.74) is 1.03. The summed E-state index contributed by atoms with van der Waals surface area (Å²) in [5, 5.41) is 2.71. The van der Waals surface area contributed by atoms with Crippen molar-refractivity contribution in [2.75, 3.05) is 10.7 Å². The Morgan fingerprint density at radius 3 is 2.64 bits per heavy atom. The lowest BCUT2D eigenvalue weighted by Gasteiger charge is -2.40. The average Bonchev–Trinajstić information content (AvgIpc) is 2.75. The zero-order chi connectivity index (χ0) is 18.9. The van der Waals surface area contributed by atoms with Crippen LogP contribution in [0.5, 0.6) is 0 Å². The molecular weight excluding hydrogens is 382 g/mol. The van der Waals surface area contributed by atoms with Gasteiger partial charge in [0.25, 0.3) is 0 Å². The summed E-state index contributed by atoms with van der Waals surface area (Å²) >= 11 is 3.45. The number of rotatable bonds is 3. The Kier molecular flexibility index (Phi) is 4.75. The van der Waals surface area contributed by atoms with Crippen LogP contribution in [0.1, 0.15) is 0 Å². The maximum absolute atomic E-state index is 13.3. The monoisotopic (exact) mass is 401 g/mol. The highest BCUT2D eigenvalue weighted by atomic mass is 32.2. The normalized spacial score (nSPS) is 20.1. The molecule has 1 amide bonds. The summed E-state index contributed by atoms with van der Waals surface area (Å²) in [6, 6.07) is 23.0. The topological polar surface area (TPSA) is 20.3 Å². The van der Waals surface area contributed by atoms with Gasteiger partial charge in [-0.05, 0) is 35.0 Å². The highest BCUT2D eigenvalue weighted by Gasteiger charge is 2.36. The van der Waals surface area contributed by atoms with E-state index in [0.717, 1.165) is 10.6 Å². The number of amides is 1. The first-order chi connectivity index (χ1) is 13.8. The van der Waals surface area contributed by atoms with Crippen LogP contribution in [0.4, 0.5) is 5.69 Å². The molecule has 0 unspecified atom stereocenters. The summed E-state index contributed by atoms with van der Waals surface area (Å²) in [6.45, 7) is 0. The van der Waals surface area contributed by atoms with Gasteiger partial charge in [0.05, 0.1) is 22.7 Å². The van der Waals surface area contributed by atoms with Crippen LogP contribution in [0, 0.1) is 0 Å². The van der Waals surface area contributed by atoms with Gasteiger partial charge in [0.2, 0.25) is 5.91 Å². The van der Waals surface area contributed by atoms with Crippen molar-refractivity contribution in [2.45, 2.75) is 21.1 Å². The van der Waals surface area contributed by atoms with Gasteiger partial charge in [-0.2, -0.15) is 0 Å². The predicted molar refractivity (Wildman–Crippen MR) is 120 cm³/mol. The molecule has 0 N–H and O–H groups in total. The average molecular weight is 402 g/mol. The first-order valence-corrected chi connectivity index (χ1v) is 11.2. The van der Waals surface area contributed by atoms with E-state index in [1.165, 1.54) is 15.7 Å². The third kappa shape index (κ3) is 3.27. The maximum atomic E-state index is 13.3. The molecule has 0 bridgehead atoms. The Balaban J connectivity index is 1.40. The van der Waals surface area contributed by atoms with Crippen molar-refractivity contribution < 1.29 is 4.79 Å². The summed E-state index contributed by atoms with van der Waals surface area (Å²) in [7, 11) is 0. The van der Waals surface area contributed by atoms with Crippen LogP contribution < -0.4 is 4.90 Å². The highest BCUT2D eigenvalue weighted by molar-refractivity contribution is 8.00. The van der Waals surface area contributed by atoms with Crippen molar-refractivity contribution in [2.24, 2.45) is 0 Å². The highest BCUT2D eigenvalue weighted by Crippen LogP contribution is 2.43. The van der Waals surface area contributed by atoms with Crippen LogP contribution >= 0.6 is 23.5 Å². The molecule has 0 saturated carbocycles. The van der Waals surface area contributed by atoms with Crippen molar-refractivity contribution >= 4 is 45.9 Å². The molecule has 0 fully saturated rings. The van der Waals surface area contributed by atoms with Gasteiger partial charge < -0.3 is 4.90 Å². The molecule has 28 heavy (non-hydrogen) atoms. The lowest BCUT2D eigenvalue weighted by atomic mass is 10.0. The van der Waals surface area contributed by atoms with Crippen LogP contribution in [0.3, 0.4) is 0 Å². The first-order valence-electron chi connectivity index (χ1n) is 9.34. The van der Waals surface area contributed by atoms with E-state index in [0.29, 0.717) is 5.75 Å². The Hall–Kier alpha value is -2.43. The summed E-state index contributed by atoms with van der Waals surface area (Å²) in [4.78, 5) is 17.6. The zero-order valence-corrected chi connectivity index (χ0v) is 16.8. The molecule has 3 aromatic rings. The van der Waals surface area contributed by atoms with Crippen molar-refractivity contribution in [1.82, 2.24) is 0 Å². The van der Waals surface area contributed by atoms with Gasteiger partial charge in [-0.1, -0.05) is 66.8 Å². The van der Waals surface area contributed by atoms with E-state index in [1.807, 2.05) is 47.0 Å². The second-order valence-corrected chi connectivity index (χ2v) is 9.14. The Morgan fingerprint density at radius 1 is 0.929 bits per heavy atom. The van der Waals surface area contributed by atoms with Gasteiger partial charge in [-0.25, -0.2) is 0 Å². The van der Waals surface area contributed by atoms with Crippen LogP contribution in [0.25, 0.3) is 10.8 Å². The quantitative estimate of drug-likeness (QED) is 0.507. The van der Waals surface area contributed by atoms with E-state index in [1.54, 1.807) is 11.8 Å². The van der Waals surface area contributed by atoms with Gasteiger partial charge in [-0.15, -0.1) is 23.5 Å². The number of hydrogen-bond donors (Lipinski definition) is 0. The van der Waals surface area contributed by atoms with Gasteiger partial charge in [0.15, 0.2) is 0 Å². The molecule has 4 heteroatoms. The van der Waals surface area contributed by atoms with Crippen molar-refractivity contribution in [1.29, 1.82) is 0 Å². The van der Waals surface area contributed by atoms with Crippen LogP contribution in [0.15, 0.2) is 101 Å². The van der Waals surface area contributed by atoms with Crippen molar-refractivity contribution in [3.8, 4) is 0 Å². The molecule has 2 aliphatic rings. The number of hydrogen-bond acceptors (Lipinski definition) is 3. The fourth-order valence-corrected chi connectivity index (χ4v) is 5.81. The number of thioether (sulfide) groups is 2. The van der Waals surface area contributed by atoms with E-state index in [9.17, 15) is 4.79 Å². The molecule has 0 radical (unpaired) electrons. The standard InChI is InChI=1S/C24H19NOS2/c26-24(16-27-19-14-13-17-7-1-2-8-18(17)15-19)25-20-9-3-5-11-22(20)28-23-12-6-4-10-21(23)25/h1-15,20,22H,16H2/t20-,22+/m1/s1. The van der Waals surface area contributed by atoms with Crippen molar-refractivity contribution in [3.05, 3.63) is 91.0 Å². The van der Waals surface area contributed by atoms with Gasteiger partial charge in [0, 0.05) is 9.79 Å². The molecule has 2 nitrogen and oxygen atoms in total. The third-order valence-electron chi connectivity index (χ3n) is 5.09. The summed E-state index contributed by atoms with van der Waals surface area (Å²) in [6.07, 6.45) is 8.47. The molecule has 138 valence electrons. The molecule has 1 aliphatic carbocycles. The number of allylic oxidation sites excluding steroid dienone is 2. The Labute approximate surface area is 173 Å². The number of carbonyl (C=O) groups excluding carboxylic acids is 1. The Bertz CT molecular complexity index is 1100. The van der Waals surface area contributed by atoms with Gasteiger partial charge in [-0.3, -0.25) is 4.79 Å². The number of para-hydroxylation sites is 1. The minimum atomic E-state index is 0.0783. The predicted octanol–water partition coefficient (Wildman–Crippen LogP) is 5.93. The molecule has 1 aliphatic heterocycles. The molecule has 0 saturated heterocycles. The number of nitrogens with zero attached hydrogens (tertiary/aromatic N) is 1. The van der Waals surface area contributed by atoms with Gasteiger partial charge >= 0.3 is 0 Å². The molecule has 2 atom stereocenters. The number of benzene rings is 3. The molecule has 1 heterocycles. The minimum absolute atomic E-state index is 0.0783. The summed E-state index contributed by atoms with van der Waals surface area (Å²) in [5.74, 6) is 0.582. The SMILES string of the molecule is O=C(CSc1ccc2ccccc2c1)N1c2ccccc2S[C@H]2C=CC=C[C@H]21. The van der Waals surface area contributed by atoms with Gasteiger partial charge in [0.1, 0.15) is 0 Å². The zero-order valence-electron chi connectivity index (χ0n) is 15.2. The molecular formula is C24H19NOS2. The summed E-state index contributed by atoms with van der Waals surface area (Å²) < 4.78 is 0. The lowest BCUT2D eigenvalue weighted by Crippen LogP contribution is -2.48. The molecule has 3 aromatic carbocycles. The number of carbonyl (C=O) groups is 1. The smallest absolute Gasteiger partial charge is 0.237 e. The first kappa shape index (κ1) is 17.7. The molecule has 5 rings (SSSR count). The molecule has 0 aromatic heterocycles.